The van der Waals surface area contributed by atoms with Crippen LogP contribution < -0.4 is 10.2 Å². The molecule has 1 amide bonds. The van der Waals surface area contributed by atoms with Gasteiger partial charge in [0, 0.05) is 39.3 Å². The van der Waals surface area contributed by atoms with Crippen molar-refractivity contribution < 1.29 is 4.79 Å². The summed E-state index contributed by atoms with van der Waals surface area (Å²) in [5.74, 6) is -0.170. The lowest BCUT2D eigenvalue weighted by atomic mass is 10.1. The van der Waals surface area contributed by atoms with E-state index in [2.05, 4.69) is 41.1 Å². The van der Waals surface area contributed by atoms with E-state index >= 15 is 0 Å². The molecule has 9 heteroatoms. The van der Waals surface area contributed by atoms with Gasteiger partial charge in [-0.15, -0.1) is 11.3 Å². The van der Waals surface area contributed by atoms with Crippen molar-refractivity contribution in [2.75, 3.05) is 44.2 Å². The summed E-state index contributed by atoms with van der Waals surface area (Å²) in [6, 6.07) is 5.96. The van der Waals surface area contributed by atoms with Crippen molar-refractivity contribution >= 4 is 67.1 Å². The van der Waals surface area contributed by atoms with E-state index in [0.717, 1.165) is 43.4 Å². The largest absolute Gasteiger partial charge is 0.351 e. The Morgan fingerprint density at radius 2 is 1.93 bits per heavy atom. The Labute approximate surface area is 188 Å². The van der Waals surface area contributed by atoms with Gasteiger partial charge < -0.3 is 10.2 Å². The van der Waals surface area contributed by atoms with Gasteiger partial charge in [0.05, 0.1) is 20.1 Å². The van der Waals surface area contributed by atoms with Gasteiger partial charge in [-0.2, -0.15) is 0 Å². The van der Waals surface area contributed by atoms with Gasteiger partial charge in [-0.3, -0.25) is 9.69 Å². The van der Waals surface area contributed by atoms with Gasteiger partial charge in [-0.25, -0.2) is 4.98 Å². The lowest BCUT2D eigenvalue weighted by Gasteiger charge is -2.34. The molecular weight excluding hydrogens is 447 g/mol. The van der Waals surface area contributed by atoms with Crippen molar-refractivity contribution in [1.29, 1.82) is 0 Å². The molecule has 0 bridgehead atoms. The van der Waals surface area contributed by atoms with Gasteiger partial charge in [-0.1, -0.05) is 40.6 Å². The third-order valence-electron chi connectivity index (χ3n) is 5.33. The summed E-state index contributed by atoms with van der Waals surface area (Å²) < 4.78 is 2.21. The van der Waals surface area contributed by atoms with E-state index in [1.807, 2.05) is 0 Å². The van der Waals surface area contributed by atoms with E-state index in [0.29, 0.717) is 20.8 Å². The summed E-state index contributed by atoms with van der Waals surface area (Å²) in [5, 5.41) is 4.03. The first-order chi connectivity index (χ1) is 13.9. The molecule has 0 radical (unpaired) electrons. The lowest BCUT2D eigenvalue weighted by Crippen LogP contribution is -2.48. The van der Waals surface area contributed by atoms with E-state index in [4.69, 9.17) is 28.2 Å². The predicted octanol–water partition coefficient (Wildman–Crippen LogP) is 4.83. The summed E-state index contributed by atoms with van der Waals surface area (Å²) in [6.07, 6.45) is 0. The molecular formula is C20H22Cl2N4OS2. The molecule has 1 aromatic carbocycles. The topological polar surface area (TPSA) is 48.5 Å². The zero-order chi connectivity index (χ0) is 20.5. The Bertz CT molecular complexity index is 1040. The summed E-state index contributed by atoms with van der Waals surface area (Å²) in [7, 11) is 0. The molecule has 0 spiro atoms. The number of rotatable bonds is 5. The Hall–Kier alpha value is -1.38. The molecule has 3 aromatic rings. The van der Waals surface area contributed by atoms with Crippen LogP contribution in [0.1, 0.15) is 21.5 Å². The maximum absolute atomic E-state index is 12.2. The van der Waals surface area contributed by atoms with Crippen LogP contribution in [0.3, 0.4) is 0 Å². The smallest absolute Gasteiger partial charge is 0.253 e. The molecule has 1 fully saturated rings. The molecule has 1 aliphatic rings. The molecule has 3 heterocycles. The summed E-state index contributed by atoms with van der Waals surface area (Å²) >= 11 is 14.9. The van der Waals surface area contributed by atoms with Crippen molar-refractivity contribution in [3.05, 3.63) is 43.6 Å². The molecule has 154 valence electrons. The Kier molecular flexibility index (Phi) is 6.32. The van der Waals surface area contributed by atoms with Gasteiger partial charge in [-0.05, 0) is 37.1 Å². The average molecular weight is 469 g/mol. The molecule has 2 aromatic heterocycles. The first-order valence-corrected chi connectivity index (χ1v) is 11.9. The Morgan fingerprint density at radius 1 is 1.17 bits per heavy atom. The first kappa shape index (κ1) is 20.9. The summed E-state index contributed by atoms with van der Waals surface area (Å²) in [6.45, 7) is 9.46. The van der Waals surface area contributed by atoms with Gasteiger partial charge >= 0.3 is 0 Å². The second-order valence-corrected chi connectivity index (χ2v) is 10.5. The molecule has 1 saturated heterocycles. The molecule has 0 unspecified atom stereocenters. The number of hydrogen-bond donors (Lipinski definition) is 1. The molecule has 4 rings (SSSR count). The SMILES string of the molecule is Cc1ccc2sc(N3CCN(CCNC(=O)c4cc(Cl)sc4Cl)CC3)nc2c1C. The van der Waals surface area contributed by atoms with Crippen LogP contribution >= 0.6 is 45.9 Å². The quantitative estimate of drug-likeness (QED) is 0.582. The van der Waals surface area contributed by atoms with E-state index in [9.17, 15) is 4.79 Å². The highest BCUT2D eigenvalue weighted by atomic mass is 35.5. The standard InChI is InChI=1S/C20H22Cl2N4OS2/c1-12-3-4-15-17(13(12)2)24-20(28-15)26-9-7-25(8-10-26)6-5-23-19(27)14-11-16(21)29-18(14)22/h3-4,11H,5-10H2,1-2H3,(H,23,27). The number of thiazole rings is 1. The fourth-order valence-corrected chi connectivity index (χ4v) is 5.97. The number of carbonyl (C=O) groups excluding carboxylic acids is 1. The number of benzene rings is 1. The molecule has 0 aliphatic carbocycles. The number of thiophene rings is 1. The molecule has 5 nitrogen and oxygen atoms in total. The predicted molar refractivity (Wildman–Crippen MR) is 124 cm³/mol. The number of anilines is 1. The zero-order valence-electron chi connectivity index (χ0n) is 16.3. The van der Waals surface area contributed by atoms with Gasteiger partial charge in [0.2, 0.25) is 0 Å². The third kappa shape index (κ3) is 4.54. The van der Waals surface area contributed by atoms with Crippen LogP contribution in [0.25, 0.3) is 10.2 Å². The van der Waals surface area contributed by atoms with Crippen molar-refractivity contribution in [2.24, 2.45) is 0 Å². The highest BCUT2D eigenvalue weighted by molar-refractivity contribution is 7.22. The highest BCUT2D eigenvalue weighted by Gasteiger charge is 2.21. The maximum Gasteiger partial charge on any atom is 0.253 e. The number of nitrogens with one attached hydrogen (secondary N) is 1. The van der Waals surface area contributed by atoms with Crippen molar-refractivity contribution in [3.8, 4) is 0 Å². The molecule has 1 aliphatic heterocycles. The number of carbonyl (C=O) groups is 1. The van der Waals surface area contributed by atoms with Gasteiger partial charge in [0.25, 0.3) is 5.91 Å². The molecule has 0 atom stereocenters. The third-order valence-corrected chi connectivity index (χ3v) is 7.90. The normalized spacial score (nSPS) is 15.2. The number of hydrogen-bond acceptors (Lipinski definition) is 6. The number of aromatic nitrogens is 1. The van der Waals surface area contributed by atoms with Crippen LogP contribution in [0.2, 0.25) is 8.67 Å². The minimum atomic E-state index is -0.170. The molecule has 29 heavy (non-hydrogen) atoms. The van der Waals surface area contributed by atoms with E-state index in [1.54, 1.807) is 17.4 Å². The fourth-order valence-electron chi connectivity index (χ4n) is 3.43. The number of fused-ring (bicyclic) bond motifs is 1. The number of piperazine rings is 1. The Morgan fingerprint density at radius 3 is 2.62 bits per heavy atom. The van der Waals surface area contributed by atoms with Gasteiger partial charge in [0.15, 0.2) is 5.13 Å². The number of halogens is 2. The number of amides is 1. The van der Waals surface area contributed by atoms with E-state index in [1.165, 1.54) is 27.2 Å². The maximum atomic E-state index is 12.2. The van der Waals surface area contributed by atoms with Crippen LogP contribution in [0, 0.1) is 13.8 Å². The average Bonchev–Trinajstić information content (AvgIpc) is 3.28. The fraction of sp³-hybridized carbons (Fsp3) is 0.400. The van der Waals surface area contributed by atoms with Crippen molar-refractivity contribution in [2.45, 2.75) is 13.8 Å². The van der Waals surface area contributed by atoms with E-state index in [-0.39, 0.29) is 5.91 Å². The lowest BCUT2D eigenvalue weighted by molar-refractivity contribution is 0.0948. The zero-order valence-corrected chi connectivity index (χ0v) is 19.4. The number of aryl methyl sites for hydroxylation is 2. The summed E-state index contributed by atoms with van der Waals surface area (Å²) in [4.78, 5) is 21.8. The van der Waals surface area contributed by atoms with Crippen LogP contribution in [-0.2, 0) is 0 Å². The van der Waals surface area contributed by atoms with Crippen LogP contribution in [0.5, 0.6) is 0 Å². The molecule has 1 N–H and O–H groups in total. The second kappa shape index (κ2) is 8.78. The highest BCUT2D eigenvalue weighted by Crippen LogP contribution is 2.32. The van der Waals surface area contributed by atoms with Crippen LogP contribution in [-0.4, -0.2) is 55.1 Å². The second-order valence-electron chi connectivity index (χ2n) is 7.17. The molecule has 0 saturated carbocycles. The first-order valence-electron chi connectivity index (χ1n) is 9.49. The van der Waals surface area contributed by atoms with Crippen molar-refractivity contribution in [3.63, 3.8) is 0 Å². The summed E-state index contributed by atoms with van der Waals surface area (Å²) in [5.41, 5.74) is 4.13. The monoisotopic (exact) mass is 468 g/mol. The van der Waals surface area contributed by atoms with Crippen LogP contribution in [0.15, 0.2) is 18.2 Å². The minimum absolute atomic E-state index is 0.170. The minimum Gasteiger partial charge on any atom is -0.351 e. The Balaban J connectivity index is 1.28. The van der Waals surface area contributed by atoms with Crippen LogP contribution in [0.4, 0.5) is 5.13 Å². The van der Waals surface area contributed by atoms with Crippen molar-refractivity contribution in [1.82, 2.24) is 15.2 Å². The number of nitrogens with zero attached hydrogens (tertiary/aromatic N) is 3. The van der Waals surface area contributed by atoms with Gasteiger partial charge in [0.1, 0.15) is 4.34 Å². The van der Waals surface area contributed by atoms with E-state index < -0.39 is 0 Å².